The number of aliphatic hydroxyl groups excluding tert-OH is 1. The summed E-state index contributed by atoms with van der Waals surface area (Å²) in [6, 6.07) is 0. The SMILES string of the molecule is C#C/C=C\C#CC(O)C(=C)/C=C/OC. The Labute approximate surface area is 84.6 Å². The molecular weight excluding hydrogens is 176 g/mol. The fraction of sp³-hybridized carbons (Fsp3) is 0.167. The van der Waals surface area contributed by atoms with Crippen molar-refractivity contribution < 1.29 is 9.84 Å². The second-order valence-corrected chi connectivity index (χ2v) is 2.30. The first-order valence-corrected chi connectivity index (χ1v) is 3.90. The molecule has 0 fully saturated rings. The summed E-state index contributed by atoms with van der Waals surface area (Å²) in [5.41, 5.74) is 0.466. The van der Waals surface area contributed by atoms with Gasteiger partial charge in [-0.3, -0.25) is 0 Å². The van der Waals surface area contributed by atoms with Gasteiger partial charge in [-0.2, -0.15) is 0 Å². The molecule has 0 aromatic heterocycles. The van der Waals surface area contributed by atoms with Gasteiger partial charge in [-0.1, -0.05) is 24.3 Å². The molecule has 1 unspecified atom stereocenters. The molecule has 0 saturated carbocycles. The van der Waals surface area contributed by atoms with Crippen molar-refractivity contribution in [2.75, 3.05) is 7.11 Å². The highest BCUT2D eigenvalue weighted by Crippen LogP contribution is 1.99. The smallest absolute Gasteiger partial charge is 0.140 e. The van der Waals surface area contributed by atoms with Crippen molar-refractivity contribution in [1.29, 1.82) is 0 Å². The zero-order valence-corrected chi connectivity index (χ0v) is 8.03. The highest BCUT2D eigenvalue weighted by molar-refractivity contribution is 5.31. The van der Waals surface area contributed by atoms with Crippen LogP contribution >= 0.6 is 0 Å². The lowest BCUT2D eigenvalue weighted by Crippen LogP contribution is -2.03. The number of terminal acetylenes is 1. The van der Waals surface area contributed by atoms with Gasteiger partial charge in [0.15, 0.2) is 0 Å². The molecule has 0 bridgehead atoms. The van der Waals surface area contributed by atoms with Crippen LogP contribution in [0.15, 0.2) is 36.6 Å². The lowest BCUT2D eigenvalue weighted by atomic mass is 10.2. The molecule has 0 spiro atoms. The molecule has 1 atom stereocenters. The van der Waals surface area contributed by atoms with E-state index in [4.69, 9.17) is 6.42 Å². The predicted octanol–water partition coefficient (Wildman–Crippen LogP) is 1.26. The van der Waals surface area contributed by atoms with E-state index in [1.807, 2.05) is 0 Å². The van der Waals surface area contributed by atoms with E-state index in [-0.39, 0.29) is 0 Å². The van der Waals surface area contributed by atoms with Crippen molar-refractivity contribution >= 4 is 0 Å². The third-order valence-electron chi connectivity index (χ3n) is 1.25. The van der Waals surface area contributed by atoms with Crippen LogP contribution in [0.5, 0.6) is 0 Å². The zero-order chi connectivity index (χ0) is 10.8. The fourth-order valence-electron chi connectivity index (χ4n) is 0.556. The van der Waals surface area contributed by atoms with E-state index in [9.17, 15) is 5.11 Å². The standard InChI is InChI=1S/C12H12O2/c1-4-5-6-7-8-12(13)11(2)9-10-14-3/h1,5-6,9-10,12-13H,2H2,3H3/b6-5-,10-9+. The molecule has 2 heteroatoms. The van der Waals surface area contributed by atoms with E-state index >= 15 is 0 Å². The minimum absolute atomic E-state index is 0.466. The molecule has 0 radical (unpaired) electrons. The maximum Gasteiger partial charge on any atom is 0.140 e. The Morgan fingerprint density at radius 2 is 2.29 bits per heavy atom. The third kappa shape index (κ3) is 5.71. The minimum Gasteiger partial charge on any atom is -0.504 e. The first-order chi connectivity index (χ1) is 6.72. The molecule has 0 saturated heterocycles. The summed E-state index contributed by atoms with van der Waals surface area (Å²) in [6.45, 7) is 3.61. The van der Waals surface area contributed by atoms with E-state index in [1.165, 1.54) is 25.5 Å². The Kier molecular flexibility index (Phi) is 6.68. The van der Waals surface area contributed by atoms with Crippen molar-refractivity contribution in [3.63, 3.8) is 0 Å². The Balaban J connectivity index is 4.19. The second-order valence-electron chi connectivity index (χ2n) is 2.30. The molecule has 14 heavy (non-hydrogen) atoms. The molecule has 0 aliphatic carbocycles. The molecule has 72 valence electrons. The summed E-state index contributed by atoms with van der Waals surface area (Å²) < 4.78 is 4.66. The Morgan fingerprint density at radius 1 is 1.57 bits per heavy atom. The summed E-state index contributed by atoms with van der Waals surface area (Å²) in [7, 11) is 1.51. The largest absolute Gasteiger partial charge is 0.504 e. The summed E-state index contributed by atoms with van der Waals surface area (Å²) in [5, 5.41) is 9.38. The maximum atomic E-state index is 9.38. The van der Waals surface area contributed by atoms with Gasteiger partial charge in [0.05, 0.1) is 13.4 Å². The van der Waals surface area contributed by atoms with Crippen LogP contribution in [-0.2, 0) is 4.74 Å². The average Bonchev–Trinajstić information content (AvgIpc) is 2.20. The average molecular weight is 188 g/mol. The first kappa shape index (κ1) is 12.1. The molecule has 0 heterocycles. The van der Waals surface area contributed by atoms with Crippen LogP contribution < -0.4 is 0 Å². The second kappa shape index (κ2) is 7.73. The van der Waals surface area contributed by atoms with Gasteiger partial charge in [0.25, 0.3) is 0 Å². The van der Waals surface area contributed by atoms with Gasteiger partial charge < -0.3 is 9.84 Å². The minimum atomic E-state index is -0.899. The molecule has 0 amide bonds. The monoisotopic (exact) mass is 188 g/mol. The number of rotatable bonds is 3. The van der Waals surface area contributed by atoms with Crippen molar-refractivity contribution in [3.05, 3.63) is 36.6 Å². The Bertz CT molecular complexity index is 332. The highest BCUT2D eigenvalue weighted by Gasteiger charge is 1.99. The molecule has 0 aromatic rings. The number of ether oxygens (including phenoxy) is 1. The van der Waals surface area contributed by atoms with Gasteiger partial charge in [0, 0.05) is 0 Å². The lowest BCUT2D eigenvalue weighted by molar-refractivity contribution is 0.271. The summed E-state index contributed by atoms with van der Waals surface area (Å²) >= 11 is 0. The Hall–Kier alpha value is -1.90. The number of aliphatic hydroxyl groups is 1. The lowest BCUT2D eigenvalue weighted by Gasteiger charge is -2.00. The van der Waals surface area contributed by atoms with Crippen LogP contribution in [0.4, 0.5) is 0 Å². The van der Waals surface area contributed by atoms with Crippen LogP contribution in [0.1, 0.15) is 0 Å². The Morgan fingerprint density at radius 3 is 2.86 bits per heavy atom. The van der Waals surface area contributed by atoms with Crippen LogP contribution in [0.3, 0.4) is 0 Å². The van der Waals surface area contributed by atoms with Crippen molar-refractivity contribution in [3.8, 4) is 24.2 Å². The van der Waals surface area contributed by atoms with Crippen LogP contribution in [0.25, 0.3) is 0 Å². The van der Waals surface area contributed by atoms with Crippen LogP contribution in [0, 0.1) is 24.2 Å². The number of hydrogen-bond acceptors (Lipinski definition) is 2. The molecule has 0 rings (SSSR count). The van der Waals surface area contributed by atoms with Crippen molar-refractivity contribution in [1.82, 2.24) is 0 Å². The molecular formula is C12H12O2. The van der Waals surface area contributed by atoms with Gasteiger partial charge >= 0.3 is 0 Å². The van der Waals surface area contributed by atoms with Gasteiger partial charge in [-0.25, -0.2) is 0 Å². The van der Waals surface area contributed by atoms with E-state index in [2.05, 4.69) is 29.1 Å². The molecule has 0 aromatic carbocycles. The molecule has 0 aliphatic rings. The van der Waals surface area contributed by atoms with Gasteiger partial charge in [0.1, 0.15) is 6.10 Å². The normalized spacial score (nSPS) is 11.8. The highest BCUT2D eigenvalue weighted by atomic mass is 16.5. The van der Waals surface area contributed by atoms with E-state index in [0.29, 0.717) is 5.57 Å². The quantitative estimate of drug-likeness (QED) is 0.410. The van der Waals surface area contributed by atoms with Gasteiger partial charge in [0.2, 0.25) is 0 Å². The van der Waals surface area contributed by atoms with E-state index in [0.717, 1.165) is 0 Å². The third-order valence-corrected chi connectivity index (χ3v) is 1.25. The number of hydrogen-bond donors (Lipinski definition) is 1. The number of allylic oxidation sites excluding steroid dienone is 2. The van der Waals surface area contributed by atoms with Crippen LogP contribution in [-0.4, -0.2) is 18.3 Å². The fourth-order valence-corrected chi connectivity index (χ4v) is 0.556. The van der Waals surface area contributed by atoms with Crippen molar-refractivity contribution in [2.45, 2.75) is 6.10 Å². The van der Waals surface area contributed by atoms with Crippen molar-refractivity contribution in [2.24, 2.45) is 0 Å². The topological polar surface area (TPSA) is 29.5 Å². The molecule has 2 nitrogen and oxygen atoms in total. The summed E-state index contributed by atoms with van der Waals surface area (Å²) in [5.74, 6) is 7.41. The molecule has 1 N–H and O–H groups in total. The van der Waals surface area contributed by atoms with Gasteiger partial charge in [-0.05, 0) is 23.8 Å². The van der Waals surface area contributed by atoms with Gasteiger partial charge in [-0.15, -0.1) is 6.42 Å². The number of methoxy groups -OCH3 is 1. The maximum absolute atomic E-state index is 9.38. The predicted molar refractivity (Wildman–Crippen MR) is 57.0 cm³/mol. The van der Waals surface area contributed by atoms with E-state index < -0.39 is 6.10 Å². The molecule has 0 aliphatic heterocycles. The van der Waals surface area contributed by atoms with E-state index in [1.54, 1.807) is 6.08 Å². The summed E-state index contributed by atoms with van der Waals surface area (Å²) in [6.07, 6.45) is 9.96. The summed E-state index contributed by atoms with van der Waals surface area (Å²) in [4.78, 5) is 0. The first-order valence-electron chi connectivity index (χ1n) is 3.90. The zero-order valence-electron chi connectivity index (χ0n) is 8.03. The van der Waals surface area contributed by atoms with Crippen LogP contribution in [0.2, 0.25) is 0 Å².